The van der Waals surface area contributed by atoms with Gasteiger partial charge in [-0.2, -0.15) is 5.26 Å². The van der Waals surface area contributed by atoms with Gasteiger partial charge in [0.25, 0.3) is 0 Å². The second-order valence-corrected chi connectivity index (χ2v) is 7.29. The minimum absolute atomic E-state index is 0.104. The molecule has 0 fully saturated rings. The van der Waals surface area contributed by atoms with Gasteiger partial charge in [-0.05, 0) is 40.8 Å². The van der Waals surface area contributed by atoms with Gasteiger partial charge in [-0.1, -0.05) is 78.4 Å². The number of nitrogens with zero attached hydrogens (tertiary/aromatic N) is 1. The molecule has 4 nitrogen and oxygen atoms in total. The topological polar surface area (TPSA) is 73.1 Å². The third-order valence-corrected chi connectivity index (χ3v) is 5.11. The second kappa shape index (κ2) is 9.89. The highest BCUT2D eigenvalue weighted by Crippen LogP contribution is 2.28. The minimum atomic E-state index is -0.899. The second-order valence-electron chi connectivity index (χ2n) is 6.88. The summed E-state index contributed by atoms with van der Waals surface area (Å²) in [5, 5.41) is 21.9. The zero-order valence-corrected chi connectivity index (χ0v) is 17.3. The van der Waals surface area contributed by atoms with Crippen molar-refractivity contribution in [3.8, 4) is 17.2 Å². The van der Waals surface area contributed by atoms with Crippen molar-refractivity contribution in [2.24, 2.45) is 0 Å². The lowest BCUT2D eigenvalue weighted by atomic mass is 9.95. The number of benzene rings is 3. The molecular weight excluding hydrogens is 396 g/mol. The van der Waals surface area contributed by atoms with Gasteiger partial charge in [0, 0.05) is 17.1 Å². The molecule has 0 radical (unpaired) electrons. The predicted octanol–water partition coefficient (Wildman–Crippen LogP) is 5.53. The van der Waals surface area contributed by atoms with Gasteiger partial charge in [0.2, 0.25) is 0 Å². The lowest BCUT2D eigenvalue weighted by molar-refractivity contribution is -0.136. The third kappa shape index (κ3) is 5.15. The fourth-order valence-electron chi connectivity index (χ4n) is 3.24. The first-order chi connectivity index (χ1) is 14.5. The van der Waals surface area contributed by atoms with Crippen LogP contribution in [0.3, 0.4) is 0 Å². The number of carboxylic acids is 1. The number of rotatable bonds is 7. The average Bonchev–Trinajstić information content (AvgIpc) is 2.75. The molecule has 30 heavy (non-hydrogen) atoms. The molecule has 0 unspecified atom stereocenters. The van der Waals surface area contributed by atoms with Crippen molar-refractivity contribution in [3.63, 3.8) is 0 Å². The number of nitrogens with one attached hydrogen (secondary N) is 1. The SMILES string of the molecule is Cc1cc(C=Cc2cccc(-c3ccccc3)c2C#N)c(Cl)cc1CNCC(=O)O. The van der Waals surface area contributed by atoms with Crippen LogP contribution in [-0.4, -0.2) is 17.6 Å². The van der Waals surface area contributed by atoms with Gasteiger partial charge in [-0.15, -0.1) is 0 Å². The number of hydrogen-bond donors (Lipinski definition) is 2. The number of hydrogen-bond acceptors (Lipinski definition) is 3. The number of carbonyl (C=O) groups is 1. The number of halogens is 1. The standard InChI is InChI=1S/C25H21ClN2O2/c1-17-12-20(24(26)13-21(17)15-28-16-25(29)30)11-10-19-8-5-9-22(23(19)14-27)18-6-3-2-4-7-18/h2-13,28H,15-16H2,1H3,(H,29,30). The van der Waals surface area contributed by atoms with Crippen molar-refractivity contribution in [3.05, 3.63) is 93.5 Å². The van der Waals surface area contributed by atoms with Crippen LogP contribution in [0.2, 0.25) is 5.02 Å². The van der Waals surface area contributed by atoms with Crippen molar-refractivity contribution >= 4 is 29.7 Å². The molecule has 0 saturated carbocycles. The van der Waals surface area contributed by atoms with Gasteiger partial charge in [0.15, 0.2) is 0 Å². The van der Waals surface area contributed by atoms with Crippen molar-refractivity contribution < 1.29 is 9.90 Å². The summed E-state index contributed by atoms with van der Waals surface area (Å²) in [6, 6.07) is 21.8. The number of carboxylic acid groups (broad SMARTS) is 1. The van der Waals surface area contributed by atoms with Crippen molar-refractivity contribution in [1.82, 2.24) is 5.32 Å². The van der Waals surface area contributed by atoms with E-state index >= 15 is 0 Å². The van der Waals surface area contributed by atoms with E-state index in [1.807, 2.05) is 79.7 Å². The largest absolute Gasteiger partial charge is 0.480 e. The third-order valence-electron chi connectivity index (χ3n) is 4.78. The van der Waals surface area contributed by atoms with Crippen LogP contribution < -0.4 is 5.32 Å². The van der Waals surface area contributed by atoms with E-state index in [4.69, 9.17) is 16.7 Å². The lowest BCUT2D eigenvalue weighted by Crippen LogP contribution is -2.22. The van der Waals surface area contributed by atoms with Crippen LogP contribution in [0.5, 0.6) is 0 Å². The first-order valence-electron chi connectivity index (χ1n) is 9.47. The average molecular weight is 417 g/mol. The van der Waals surface area contributed by atoms with Gasteiger partial charge in [-0.25, -0.2) is 0 Å². The summed E-state index contributed by atoms with van der Waals surface area (Å²) in [6.45, 7) is 2.29. The van der Waals surface area contributed by atoms with E-state index in [-0.39, 0.29) is 6.54 Å². The van der Waals surface area contributed by atoms with Crippen LogP contribution in [-0.2, 0) is 11.3 Å². The maximum absolute atomic E-state index is 10.7. The van der Waals surface area contributed by atoms with Crippen LogP contribution in [0.1, 0.15) is 27.8 Å². The Bertz CT molecular complexity index is 1130. The molecule has 0 aliphatic rings. The first kappa shape index (κ1) is 21.3. The van der Waals surface area contributed by atoms with E-state index in [1.165, 1.54) is 0 Å². The smallest absolute Gasteiger partial charge is 0.317 e. The van der Waals surface area contributed by atoms with E-state index in [0.717, 1.165) is 33.4 Å². The highest BCUT2D eigenvalue weighted by atomic mass is 35.5. The Morgan fingerprint density at radius 1 is 1.10 bits per heavy atom. The Hall–Kier alpha value is -3.39. The van der Waals surface area contributed by atoms with Gasteiger partial charge in [0.05, 0.1) is 12.1 Å². The fourth-order valence-corrected chi connectivity index (χ4v) is 3.49. The number of aliphatic carboxylic acids is 1. The monoisotopic (exact) mass is 416 g/mol. The first-order valence-corrected chi connectivity index (χ1v) is 9.85. The maximum atomic E-state index is 10.7. The molecule has 0 saturated heterocycles. The fraction of sp³-hybridized carbons (Fsp3) is 0.120. The Kier molecular flexibility index (Phi) is 7.03. The van der Waals surface area contributed by atoms with E-state index in [9.17, 15) is 10.1 Å². The highest BCUT2D eigenvalue weighted by molar-refractivity contribution is 6.32. The highest BCUT2D eigenvalue weighted by Gasteiger charge is 2.09. The van der Waals surface area contributed by atoms with E-state index in [0.29, 0.717) is 17.1 Å². The molecule has 3 aromatic rings. The molecule has 150 valence electrons. The molecule has 0 bridgehead atoms. The number of aryl methyl sites for hydroxylation is 1. The quantitative estimate of drug-likeness (QED) is 0.496. The molecule has 3 rings (SSSR count). The summed E-state index contributed by atoms with van der Waals surface area (Å²) in [4.78, 5) is 10.7. The summed E-state index contributed by atoms with van der Waals surface area (Å²) in [6.07, 6.45) is 3.79. The van der Waals surface area contributed by atoms with Crippen LogP contribution in [0, 0.1) is 18.3 Å². The van der Waals surface area contributed by atoms with Crippen LogP contribution in [0.4, 0.5) is 0 Å². The van der Waals surface area contributed by atoms with Crippen molar-refractivity contribution in [2.75, 3.05) is 6.54 Å². The van der Waals surface area contributed by atoms with Gasteiger partial charge >= 0.3 is 5.97 Å². The van der Waals surface area contributed by atoms with Crippen LogP contribution in [0.25, 0.3) is 23.3 Å². The Labute approximate surface area is 181 Å². The summed E-state index contributed by atoms with van der Waals surface area (Å²) in [5.74, 6) is -0.899. The number of nitriles is 1. The maximum Gasteiger partial charge on any atom is 0.317 e. The van der Waals surface area contributed by atoms with Gasteiger partial charge < -0.3 is 10.4 Å². The lowest BCUT2D eigenvalue weighted by Gasteiger charge is -2.10. The van der Waals surface area contributed by atoms with Crippen molar-refractivity contribution in [2.45, 2.75) is 13.5 Å². The molecule has 0 spiro atoms. The molecule has 0 aliphatic heterocycles. The molecule has 0 aromatic heterocycles. The van der Waals surface area contributed by atoms with Crippen LogP contribution >= 0.6 is 11.6 Å². The molecule has 3 aromatic carbocycles. The van der Waals surface area contributed by atoms with E-state index < -0.39 is 5.97 Å². The molecule has 0 amide bonds. The molecule has 2 N–H and O–H groups in total. The van der Waals surface area contributed by atoms with Crippen LogP contribution in [0.15, 0.2) is 60.7 Å². The minimum Gasteiger partial charge on any atom is -0.480 e. The molecule has 0 aliphatic carbocycles. The normalized spacial score (nSPS) is 10.8. The Morgan fingerprint density at radius 2 is 1.83 bits per heavy atom. The van der Waals surface area contributed by atoms with Gasteiger partial charge in [-0.3, -0.25) is 4.79 Å². The van der Waals surface area contributed by atoms with Crippen molar-refractivity contribution in [1.29, 1.82) is 5.26 Å². The Balaban J connectivity index is 1.88. The molecule has 5 heteroatoms. The summed E-state index contributed by atoms with van der Waals surface area (Å²) >= 11 is 6.45. The predicted molar refractivity (Wildman–Crippen MR) is 121 cm³/mol. The summed E-state index contributed by atoms with van der Waals surface area (Å²) in [5.41, 5.74) is 6.11. The Morgan fingerprint density at radius 3 is 2.53 bits per heavy atom. The molecular formula is C25H21ClN2O2. The summed E-state index contributed by atoms with van der Waals surface area (Å²) in [7, 11) is 0. The molecule has 0 atom stereocenters. The van der Waals surface area contributed by atoms with Gasteiger partial charge in [0.1, 0.15) is 6.07 Å². The zero-order valence-electron chi connectivity index (χ0n) is 16.5. The zero-order chi connectivity index (χ0) is 21.5. The summed E-state index contributed by atoms with van der Waals surface area (Å²) < 4.78 is 0. The molecule has 0 heterocycles. The van der Waals surface area contributed by atoms with E-state index in [2.05, 4.69) is 11.4 Å². The van der Waals surface area contributed by atoms with E-state index in [1.54, 1.807) is 0 Å².